The molecule has 2 heterocycles. The topological polar surface area (TPSA) is 76.0 Å². The number of imidazole rings is 1. The van der Waals surface area contributed by atoms with Crippen LogP contribution in [0.15, 0.2) is 59.9 Å². The maximum Gasteiger partial charge on any atom is 0.270 e. The van der Waals surface area contributed by atoms with Crippen LogP contribution in [0.3, 0.4) is 0 Å². The number of hydrogen-bond donors (Lipinski definition) is 2. The highest BCUT2D eigenvalue weighted by Crippen LogP contribution is 2.51. The SMILES string of the molecule is CC.Cc1cccc(CNC(=O)C(C)NC(=O)c2cnc3n2C(c2cccc(I)c2)C(C)(C)S3)c1. The number of nitrogens with one attached hydrogen (secondary N) is 2. The highest BCUT2D eigenvalue weighted by atomic mass is 127. The number of carbonyl (C=O) groups is 2. The zero-order valence-corrected chi connectivity index (χ0v) is 24.0. The summed E-state index contributed by atoms with van der Waals surface area (Å²) in [6.07, 6.45) is 1.60. The number of aromatic nitrogens is 2. The van der Waals surface area contributed by atoms with E-state index in [0.717, 1.165) is 25.4 Å². The first kappa shape index (κ1) is 27.3. The summed E-state index contributed by atoms with van der Waals surface area (Å²) in [4.78, 5) is 30.3. The number of halogens is 1. The lowest BCUT2D eigenvalue weighted by molar-refractivity contribution is -0.122. The molecule has 0 saturated heterocycles. The molecule has 0 saturated carbocycles. The minimum absolute atomic E-state index is 0.0408. The van der Waals surface area contributed by atoms with E-state index < -0.39 is 6.04 Å². The van der Waals surface area contributed by atoms with E-state index in [4.69, 9.17) is 0 Å². The van der Waals surface area contributed by atoms with Crippen LogP contribution in [0.5, 0.6) is 0 Å². The minimum Gasteiger partial charge on any atom is -0.350 e. The molecule has 1 aromatic heterocycles. The van der Waals surface area contributed by atoms with Crippen molar-refractivity contribution in [3.63, 3.8) is 0 Å². The molecule has 35 heavy (non-hydrogen) atoms. The molecular formula is C27H33IN4O2S. The number of amides is 2. The van der Waals surface area contributed by atoms with E-state index in [9.17, 15) is 9.59 Å². The second kappa shape index (κ2) is 11.6. The average molecular weight is 605 g/mol. The van der Waals surface area contributed by atoms with Gasteiger partial charge >= 0.3 is 0 Å². The summed E-state index contributed by atoms with van der Waals surface area (Å²) in [6.45, 7) is 12.5. The van der Waals surface area contributed by atoms with Gasteiger partial charge in [0.2, 0.25) is 5.91 Å². The van der Waals surface area contributed by atoms with Gasteiger partial charge in [0, 0.05) is 14.9 Å². The smallest absolute Gasteiger partial charge is 0.270 e. The van der Waals surface area contributed by atoms with Crippen LogP contribution in [-0.2, 0) is 11.3 Å². The van der Waals surface area contributed by atoms with E-state index in [1.54, 1.807) is 24.9 Å². The standard InChI is InChI=1S/C25H27IN4O2S.C2H6/c1-15-7-5-8-17(11-15)13-27-22(31)16(2)29-23(32)20-14-28-24-30(20)21(25(3,4)33-24)18-9-6-10-19(26)12-18;1-2/h5-12,14,16,21H,13H2,1-4H3,(H,27,31)(H,29,32);1-2H3. The fourth-order valence-corrected chi connectivity index (χ4v) is 5.96. The fourth-order valence-electron chi connectivity index (χ4n) is 4.17. The van der Waals surface area contributed by atoms with Crippen molar-refractivity contribution < 1.29 is 9.59 Å². The number of thioether (sulfide) groups is 1. The van der Waals surface area contributed by atoms with Crippen molar-refractivity contribution in [3.8, 4) is 0 Å². The molecule has 2 aromatic carbocycles. The molecule has 6 nitrogen and oxygen atoms in total. The second-order valence-electron chi connectivity index (χ2n) is 8.86. The van der Waals surface area contributed by atoms with Gasteiger partial charge in [0.1, 0.15) is 11.7 Å². The monoisotopic (exact) mass is 604 g/mol. The predicted octanol–water partition coefficient (Wildman–Crippen LogP) is 5.73. The first-order chi connectivity index (χ1) is 16.7. The van der Waals surface area contributed by atoms with Gasteiger partial charge < -0.3 is 15.2 Å². The van der Waals surface area contributed by atoms with Gasteiger partial charge in [0.05, 0.1) is 12.2 Å². The zero-order chi connectivity index (χ0) is 25.8. The molecule has 8 heteroatoms. The number of hydrogen-bond acceptors (Lipinski definition) is 4. The predicted molar refractivity (Wildman–Crippen MR) is 151 cm³/mol. The van der Waals surface area contributed by atoms with Gasteiger partial charge in [-0.05, 0) is 73.5 Å². The van der Waals surface area contributed by atoms with E-state index in [1.165, 1.54) is 0 Å². The minimum atomic E-state index is -0.674. The third kappa shape index (κ3) is 6.27. The first-order valence-electron chi connectivity index (χ1n) is 11.8. The van der Waals surface area contributed by atoms with Crippen LogP contribution in [-0.4, -0.2) is 32.2 Å². The number of fused-ring (bicyclic) bond motifs is 1. The molecule has 2 atom stereocenters. The first-order valence-corrected chi connectivity index (χ1v) is 13.7. The molecule has 1 aliphatic heterocycles. The van der Waals surface area contributed by atoms with Gasteiger partial charge in [0.25, 0.3) is 5.91 Å². The van der Waals surface area contributed by atoms with Crippen molar-refractivity contribution in [3.05, 3.63) is 80.7 Å². The normalized spacial score (nSPS) is 16.5. The lowest BCUT2D eigenvalue weighted by Gasteiger charge is -2.28. The molecule has 2 N–H and O–H groups in total. The molecule has 0 radical (unpaired) electrons. The van der Waals surface area contributed by atoms with E-state index in [0.29, 0.717) is 12.2 Å². The molecule has 1 aliphatic rings. The maximum absolute atomic E-state index is 13.2. The lowest BCUT2D eigenvalue weighted by Crippen LogP contribution is -2.45. The van der Waals surface area contributed by atoms with Crippen LogP contribution in [0.4, 0.5) is 0 Å². The summed E-state index contributed by atoms with van der Waals surface area (Å²) in [6, 6.07) is 15.6. The highest BCUT2D eigenvalue weighted by molar-refractivity contribution is 14.1. The number of aryl methyl sites for hydroxylation is 1. The molecule has 0 spiro atoms. The van der Waals surface area contributed by atoms with Crippen LogP contribution in [0.25, 0.3) is 0 Å². The molecule has 186 valence electrons. The van der Waals surface area contributed by atoms with E-state index >= 15 is 0 Å². The molecule has 0 aliphatic carbocycles. The Kier molecular flexibility index (Phi) is 9.04. The van der Waals surface area contributed by atoms with Gasteiger partial charge in [-0.15, -0.1) is 0 Å². The van der Waals surface area contributed by atoms with Crippen molar-refractivity contribution in [2.45, 2.75) is 70.1 Å². The highest BCUT2D eigenvalue weighted by Gasteiger charge is 2.44. The van der Waals surface area contributed by atoms with E-state index in [-0.39, 0.29) is 22.6 Å². The largest absolute Gasteiger partial charge is 0.350 e. The Bertz CT molecular complexity index is 1210. The van der Waals surface area contributed by atoms with Gasteiger partial charge in [-0.1, -0.05) is 67.6 Å². The second-order valence-corrected chi connectivity index (χ2v) is 11.7. The third-order valence-corrected chi connectivity index (χ3v) is 7.63. The van der Waals surface area contributed by atoms with Crippen LogP contribution in [0.2, 0.25) is 0 Å². The number of rotatable bonds is 6. The number of nitrogens with zero attached hydrogens (tertiary/aromatic N) is 2. The Morgan fingerprint density at radius 3 is 2.57 bits per heavy atom. The van der Waals surface area contributed by atoms with Gasteiger partial charge in [-0.2, -0.15) is 0 Å². The summed E-state index contributed by atoms with van der Waals surface area (Å²) in [7, 11) is 0. The van der Waals surface area contributed by atoms with Gasteiger partial charge in [-0.25, -0.2) is 4.98 Å². The van der Waals surface area contributed by atoms with Gasteiger partial charge in [0.15, 0.2) is 5.16 Å². The molecule has 2 amide bonds. The molecule has 2 unspecified atom stereocenters. The van der Waals surface area contributed by atoms with Crippen molar-refractivity contribution in [2.75, 3.05) is 0 Å². The quantitative estimate of drug-likeness (QED) is 0.353. The molecular weight excluding hydrogens is 571 g/mol. The van der Waals surface area contributed by atoms with Crippen LogP contribution in [0.1, 0.15) is 67.8 Å². The Morgan fingerprint density at radius 1 is 1.17 bits per heavy atom. The van der Waals surface area contributed by atoms with Crippen LogP contribution in [0, 0.1) is 10.5 Å². The Morgan fingerprint density at radius 2 is 1.89 bits per heavy atom. The Hall–Kier alpha value is -2.33. The lowest BCUT2D eigenvalue weighted by atomic mass is 9.95. The van der Waals surface area contributed by atoms with Crippen molar-refractivity contribution in [1.82, 2.24) is 20.2 Å². The number of carbonyl (C=O) groups excluding carboxylic acids is 2. The zero-order valence-electron chi connectivity index (χ0n) is 21.1. The van der Waals surface area contributed by atoms with Crippen LogP contribution >= 0.6 is 34.4 Å². The van der Waals surface area contributed by atoms with Crippen LogP contribution < -0.4 is 10.6 Å². The van der Waals surface area contributed by atoms with Crippen molar-refractivity contribution in [1.29, 1.82) is 0 Å². The third-order valence-electron chi connectivity index (χ3n) is 5.72. The van der Waals surface area contributed by atoms with E-state index in [2.05, 4.69) is 70.3 Å². The summed E-state index contributed by atoms with van der Waals surface area (Å²) < 4.78 is 2.98. The number of benzene rings is 2. The molecule has 0 bridgehead atoms. The Balaban J connectivity index is 0.00000167. The summed E-state index contributed by atoms with van der Waals surface area (Å²) >= 11 is 3.97. The molecule has 4 rings (SSSR count). The summed E-state index contributed by atoms with van der Waals surface area (Å²) in [5, 5.41) is 6.56. The molecule has 0 fully saturated rings. The van der Waals surface area contributed by atoms with Crippen molar-refractivity contribution in [2.24, 2.45) is 0 Å². The molecule has 3 aromatic rings. The summed E-state index contributed by atoms with van der Waals surface area (Å²) in [5.74, 6) is -0.532. The Labute approximate surface area is 225 Å². The fraction of sp³-hybridized carbons (Fsp3) is 0.370. The van der Waals surface area contributed by atoms with E-state index in [1.807, 2.05) is 55.7 Å². The summed E-state index contributed by atoms with van der Waals surface area (Å²) in [5.41, 5.74) is 3.76. The maximum atomic E-state index is 13.2. The van der Waals surface area contributed by atoms with Crippen molar-refractivity contribution >= 4 is 46.2 Å². The average Bonchev–Trinajstić information content (AvgIpc) is 3.32. The van der Waals surface area contributed by atoms with Gasteiger partial charge in [-0.3, -0.25) is 9.59 Å².